The Labute approximate surface area is 201 Å². The fourth-order valence-corrected chi connectivity index (χ4v) is 8.53. The molecule has 4 aliphatic carbocycles. The number of benzene rings is 1. The van der Waals surface area contributed by atoms with Gasteiger partial charge in [-0.05, 0) is 81.8 Å². The molecule has 1 aromatic rings. The van der Waals surface area contributed by atoms with Crippen LogP contribution in [0.15, 0.2) is 48.6 Å². The maximum Gasteiger partial charge on any atom is 0.331 e. The number of fused-ring (bicyclic) bond motifs is 3. The second-order valence-electron chi connectivity index (χ2n) is 11.7. The monoisotopic (exact) mass is 464 g/mol. The first-order valence-electron chi connectivity index (χ1n) is 12.6. The molecule has 0 radical (unpaired) electrons. The highest BCUT2D eigenvalue weighted by Gasteiger charge is 2.74. The van der Waals surface area contributed by atoms with E-state index in [0.717, 1.165) is 37.7 Å². The fraction of sp³-hybridized carbons (Fsp3) is 0.586. The van der Waals surface area contributed by atoms with Gasteiger partial charge in [-0.1, -0.05) is 49.4 Å². The second-order valence-corrected chi connectivity index (χ2v) is 11.7. The molecule has 2 bridgehead atoms. The lowest BCUT2D eigenvalue weighted by Crippen LogP contribution is -2.71. The maximum absolute atomic E-state index is 12.8. The third-order valence-corrected chi connectivity index (χ3v) is 10.4. The molecule has 1 spiro atoms. The van der Waals surface area contributed by atoms with E-state index in [1.54, 1.807) is 13.0 Å². The minimum atomic E-state index is -1.26. The molecule has 182 valence electrons. The van der Waals surface area contributed by atoms with Crippen LogP contribution in [0.4, 0.5) is 0 Å². The van der Waals surface area contributed by atoms with Gasteiger partial charge in [0.05, 0.1) is 5.60 Å². The molecule has 5 rings (SSSR count). The van der Waals surface area contributed by atoms with Crippen LogP contribution in [0, 0.1) is 28.1 Å². The van der Waals surface area contributed by atoms with Gasteiger partial charge in [-0.15, -0.1) is 0 Å². The molecule has 1 aromatic carbocycles. The Bertz CT molecular complexity index is 1050. The van der Waals surface area contributed by atoms with Gasteiger partial charge in [-0.25, -0.2) is 4.79 Å². The van der Waals surface area contributed by atoms with Crippen molar-refractivity contribution in [2.75, 3.05) is 0 Å². The minimum Gasteiger partial charge on any atom is -0.481 e. The number of carboxylic acids is 1. The molecular formula is C29H36O5. The predicted molar refractivity (Wildman–Crippen MR) is 130 cm³/mol. The average Bonchev–Trinajstić information content (AvgIpc) is 3.08. The first-order chi connectivity index (χ1) is 16.1. The number of carbonyl (C=O) groups excluding carboxylic acids is 1. The standard InChI is InChI=1S/C29H36O5/c1-19-17-28-15-12-22-26(2,29(28,33)16-11-21(19)18-28)14-13-23(27(22,3)25(31)32)34-24(30)10-9-20-7-5-4-6-8-20/h4-10,21-23,33H,1,11-18H2,2-3H3,(H,31,32)/b10-9+/t21?,22-,23+,26+,27-,28+,29+/m0/s1. The number of carbonyl (C=O) groups is 2. The van der Waals surface area contributed by atoms with Crippen molar-refractivity contribution in [2.45, 2.75) is 76.9 Å². The van der Waals surface area contributed by atoms with E-state index in [9.17, 15) is 19.8 Å². The number of hydrogen-bond acceptors (Lipinski definition) is 4. The average molecular weight is 465 g/mol. The van der Waals surface area contributed by atoms with Gasteiger partial charge in [-0.2, -0.15) is 0 Å². The molecule has 7 atom stereocenters. The van der Waals surface area contributed by atoms with Crippen LogP contribution in [-0.2, 0) is 14.3 Å². The van der Waals surface area contributed by atoms with E-state index in [1.807, 2.05) is 30.3 Å². The highest BCUT2D eigenvalue weighted by molar-refractivity contribution is 5.87. The van der Waals surface area contributed by atoms with E-state index in [1.165, 1.54) is 11.6 Å². The predicted octanol–water partition coefficient (Wildman–Crippen LogP) is 5.39. The summed E-state index contributed by atoms with van der Waals surface area (Å²) >= 11 is 0. The summed E-state index contributed by atoms with van der Waals surface area (Å²) in [6, 6.07) is 9.47. The lowest BCUT2D eigenvalue weighted by molar-refractivity contribution is -0.276. The van der Waals surface area contributed by atoms with Gasteiger partial charge in [0.2, 0.25) is 0 Å². The zero-order valence-electron chi connectivity index (χ0n) is 20.3. The van der Waals surface area contributed by atoms with Crippen LogP contribution in [-0.4, -0.2) is 33.9 Å². The Morgan fingerprint density at radius 3 is 2.53 bits per heavy atom. The summed E-state index contributed by atoms with van der Waals surface area (Å²) in [6.07, 6.45) is 8.37. The van der Waals surface area contributed by atoms with Gasteiger partial charge in [0.25, 0.3) is 0 Å². The third-order valence-electron chi connectivity index (χ3n) is 10.4. The summed E-state index contributed by atoms with van der Waals surface area (Å²) in [5.74, 6) is -1.26. The molecule has 4 saturated carbocycles. The fourth-order valence-electron chi connectivity index (χ4n) is 8.53. The Balaban J connectivity index is 1.43. The Morgan fingerprint density at radius 2 is 1.82 bits per heavy atom. The van der Waals surface area contributed by atoms with Crippen molar-refractivity contribution < 1.29 is 24.5 Å². The first kappa shape index (κ1) is 23.3. The lowest BCUT2D eigenvalue weighted by atomic mass is 9.38. The van der Waals surface area contributed by atoms with Gasteiger partial charge in [0.1, 0.15) is 11.5 Å². The smallest absolute Gasteiger partial charge is 0.331 e. The first-order valence-corrected chi connectivity index (χ1v) is 12.6. The molecular weight excluding hydrogens is 428 g/mol. The molecule has 0 amide bonds. The number of allylic oxidation sites excluding steroid dienone is 1. The minimum absolute atomic E-state index is 0.195. The molecule has 34 heavy (non-hydrogen) atoms. The van der Waals surface area contributed by atoms with Crippen LogP contribution in [0.1, 0.15) is 70.8 Å². The zero-order valence-corrected chi connectivity index (χ0v) is 20.3. The SMILES string of the molecule is C=C1C[C@@]23CC[C@@H]4[C@](C)(C(=O)O)[C@H](OC(=O)/C=C/c5ccccc5)CC[C@@]4(C)[C@]2(O)CCC1C3. The summed E-state index contributed by atoms with van der Waals surface area (Å²) < 4.78 is 5.83. The normalized spacial score (nSPS) is 43.3. The summed E-state index contributed by atoms with van der Waals surface area (Å²) in [7, 11) is 0. The van der Waals surface area contributed by atoms with Crippen molar-refractivity contribution in [2.24, 2.45) is 28.1 Å². The van der Waals surface area contributed by atoms with Gasteiger partial charge >= 0.3 is 11.9 Å². The van der Waals surface area contributed by atoms with Crippen LogP contribution in [0.2, 0.25) is 0 Å². The van der Waals surface area contributed by atoms with Crippen molar-refractivity contribution in [3.05, 3.63) is 54.1 Å². The number of rotatable bonds is 4. The topological polar surface area (TPSA) is 83.8 Å². The van der Waals surface area contributed by atoms with Crippen molar-refractivity contribution in [1.82, 2.24) is 0 Å². The molecule has 1 unspecified atom stereocenters. The Morgan fingerprint density at radius 1 is 1.09 bits per heavy atom. The quantitative estimate of drug-likeness (QED) is 0.355. The number of aliphatic carboxylic acids is 1. The van der Waals surface area contributed by atoms with Crippen molar-refractivity contribution in [3.63, 3.8) is 0 Å². The second kappa shape index (κ2) is 7.81. The zero-order chi connectivity index (χ0) is 24.4. The van der Waals surface area contributed by atoms with Gasteiger partial charge in [0.15, 0.2) is 0 Å². The van der Waals surface area contributed by atoms with E-state index < -0.39 is 34.5 Å². The van der Waals surface area contributed by atoms with E-state index >= 15 is 0 Å². The highest BCUT2D eigenvalue weighted by Crippen LogP contribution is 2.74. The van der Waals surface area contributed by atoms with E-state index in [0.29, 0.717) is 25.2 Å². The number of ether oxygens (including phenoxy) is 1. The largest absolute Gasteiger partial charge is 0.481 e. The Hall–Kier alpha value is -2.40. The molecule has 5 heteroatoms. The van der Waals surface area contributed by atoms with Gasteiger partial charge < -0.3 is 14.9 Å². The van der Waals surface area contributed by atoms with Crippen molar-refractivity contribution >= 4 is 18.0 Å². The summed E-state index contributed by atoms with van der Waals surface area (Å²) in [6.45, 7) is 8.15. The summed E-state index contributed by atoms with van der Waals surface area (Å²) in [4.78, 5) is 25.5. The molecule has 4 aliphatic rings. The summed E-state index contributed by atoms with van der Waals surface area (Å²) in [5.41, 5.74) is -0.779. The van der Waals surface area contributed by atoms with Crippen molar-refractivity contribution in [1.29, 1.82) is 0 Å². The van der Waals surface area contributed by atoms with Crippen LogP contribution < -0.4 is 0 Å². The van der Waals surface area contributed by atoms with Gasteiger partial charge in [-0.3, -0.25) is 4.79 Å². The molecule has 4 fully saturated rings. The van der Waals surface area contributed by atoms with Crippen LogP contribution in [0.25, 0.3) is 6.08 Å². The van der Waals surface area contributed by atoms with Gasteiger partial charge in [0, 0.05) is 16.9 Å². The van der Waals surface area contributed by atoms with E-state index in [2.05, 4.69) is 13.5 Å². The highest BCUT2D eigenvalue weighted by atomic mass is 16.5. The van der Waals surface area contributed by atoms with E-state index in [4.69, 9.17) is 4.74 Å². The van der Waals surface area contributed by atoms with Crippen molar-refractivity contribution in [3.8, 4) is 0 Å². The van der Waals surface area contributed by atoms with Crippen LogP contribution >= 0.6 is 0 Å². The van der Waals surface area contributed by atoms with Crippen LogP contribution in [0.5, 0.6) is 0 Å². The Kier molecular flexibility index (Phi) is 5.36. The van der Waals surface area contributed by atoms with E-state index in [-0.39, 0.29) is 11.3 Å². The number of carboxylic acid groups (broad SMARTS) is 1. The molecule has 0 aromatic heterocycles. The number of aliphatic hydroxyl groups is 1. The number of hydrogen-bond donors (Lipinski definition) is 2. The lowest BCUT2D eigenvalue weighted by Gasteiger charge is -2.68. The maximum atomic E-state index is 12.8. The molecule has 2 N–H and O–H groups in total. The molecule has 0 aliphatic heterocycles. The molecule has 0 heterocycles. The summed E-state index contributed by atoms with van der Waals surface area (Å²) in [5, 5.41) is 22.9. The third kappa shape index (κ3) is 3.08. The van der Waals surface area contributed by atoms with Crippen LogP contribution in [0.3, 0.4) is 0 Å². The molecule has 5 nitrogen and oxygen atoms in total. The molecule has 0 saturated heterocycles. The number of esters is 1.